The number of esters is 1. The van der Waals surface area contributed by atoms with E-state index in [2.05, 4.69) is 51.3 Å². The summed E-state index contributed by atoms with van der Waals surface area (Å²) < 4.78 is 5.04. The number of aromatic nitrogens is 2. The highest BCUT2D eigenvalue weighted by atomic mass is 16.5. The Bertz CT molecular complexity index is 1210. The Kier molecular flexibility index (Phi) is 7.98. The van der Waals surface area contributed by atoms with Crippen LogP contribution in [-0.4, -0.2) is 39.9 Å². The van der Waals surface area contributed by atoms with Gasteiger partial charge in [-0.2, -0.15) is 0 Å². The number of ketones is 1. The van der Waals surface area contributed by atoms with Crippen molar-refractivity contribution in [2.45, 2.75) is 53.1 Å². The van der Waals surface area contributed by atoms with Crippen molar-refractivity contribution in [2.24, 2.45) is 5.92 Å². The zero-order valence-electron chi connectivity index (χ0n) is 21.2. The van der Waals surface area contributed by atoms with Crippen molar-refractivity contribution in [2.75, 3.05) is 18.0 Å². The molecule has 0 aliphatic carbocycles. The first-order valence-electron chi connectivity index (χ1n) is 12.4. The molecule has 0 spiro atoms. The maximum Gasteiger partial charge on any atom is 0.302 e. The molecule has 1 aliphatic heterocycles. The molecule has 1 N–H and O–H groups in total. The summed E-state index contributed by atoms with van der Waals surface area (Å²) in [5.74, 6) is 0.466. The predicted octanol–water partition coefficient (Wildman–Crippen LogP) is 4.81. The summed E-state index contributed by atoms with van der Waals surface area (Å²) in [4.78, 5) is 33.9. The van der Waals surface area contributed by atoms with Crippen molar-refractivity contribution in [3.8, 4) is 5.75 Å². The number of carbonyl (C=O) groups is 2. The summed E-state index contributed by atoms with van der Waals surface area (Å²) in [6.07, 6.45) is 3.62. The lowest BCUT2D eigenvalue weighted by Gasteiger charge is -2.33. The highest BCUT2D eigenvalue weighted by molar-refractivity contribution is 5.94. The van der Waals surface area contributed by atoms with Gasteiger partial charge in [0, 0.05) is 39.0 Å². The van der Waals surface area contributed by atoms with E-state index in [9.17, 15) is 14.7 Å². The van der Waals surface area contributed by atoms with Crippen molar-refractivity contribution in [3.63, 3.8) is 0 Å². The summed E-state index contributed by atoms with van der Waals surface area (Å²) in [5.41, 5.74) is 5.26. The van der Waals surface area contributed by atoms with Crippen LogP contribution >= 0.6 is 0 Å². The average Bonchev–Trinajstić information content (AvgIpc) is 2.86. The SMILES string of the molecule is CC(=O)OCc1ccc(Cc2ccc(N3CCC(Cc4nc(C)c(O)c(C(C)=O)n4)CC3)cc2)cc1. The third-order valence-corrected chi connectivity index (χ3v) is 6.70. The van der Waals surface area contributed by atoms with E-state index in [-0.39, 0.29) is 23.2 Å². The molecule has 36 heavy (non-hydrogen) atoms. The van der Waals surface area contributed by atoms with Crippen LogP contribution in [0.3, 0.4) is 0 Å². The van der Waals surface area contributed by atoms with Crippen LogP contribution in [0.5, 0.6) is 5.75 Å². The Labute approximate surface area is 212 Å². The third-order valence-electron chi connectivity index (χ3n) is 6.70. The van der Waals surface area contributed by atoms with E-state index in [0.29, 0.717) is 30.5 Å². The molecule has 7 nitrogen and oxygen atoms in total. The fourth-order valence-electron chi connectivity index (χ4n) is 4.61. The molecule has 2 aromatic carbocycles. The molecule has 0 saturated carbocycles. The summed E-state index contributed by atoms with van der Waals surface area (Å²) in [6, 6.07) is 16.9. The van der Waals surface area contributed by atoms with Gasteiger partial charge in [0.25, 0.3) is 0 Å². The highest BCUT2D eigenvalue weighted by Crippen LogP contribution is 2.27. The number of nitrogens with zero attached hydrogens (tertiary/aromatic N) is 3. The van der Waals surface area contributed by atoms with Crippen LogP contribution in [0.1, 0.15) is 65.4 Å². The second-order valence-electron chi connectivity index (χ2n) is 9.55. The van der Waals surface area contributed by atoms with E-state index in [1.54, 1.807) is 6.92 Å². The summed E-state index contributed by atoms with van der Waals surface area (Å²) in [6.45, 7) is 6.77. The normalized spacial score (nSPS) is 14.0. The standard InChI is InChI=1S/C29H33N3O4/c1-19-29(35)28(20(2)33)31-27(30-19)17-24-12-14-32(15-13-24)26-10-8-23(9-11-26)16-22-4-6-25(7-5-22)18-36-21(3)34/h4-11,24,35H,12-18H2,1-3H3. The van der Waals surface area contributed by atoms with E-state index in [1.807, 2.05) is 12.1 Å². The van der Waals surface area contributed by atoms with Crippen LogP contribution in [0, 0.1) is 12.8 Å². The molecular weight excluding hydrogens is 454 g/mol. The van der Waals surface area contributed by atoms with E-state index in [4.69, 9.17) is 4.74 Å². The molecule has 1 aliphatic rings. The van der Waals surface area contributed by atoms with E-state index < -0.39 is 0 Å². The summed E-state index contributed by atoms with van der Waals surface area (Å²) in [7, 11) is 0. The molecule has 1 aromatic heterocycles. The number of piperidine rings is 1. The minimum Gasteiger partial charge on any atom is -0.504 e. The van der Waals surface area contributed by atoms with Crippen molar-refractivity contribution >= 4 is 17.4 Å². The molecule has 0 unspecified atom stereocenters. The maximum absolute atomic E-state index is 11.8. The number of benzene rings is 2. The summed E-state index contributed by atoms with van der Waals surface area (Å²) >= 11 is 0. The first-order valence-corrected chi connectivity index (χ1v) is 12.4. The number of ether oxygens (including phenoxy) is 1. The molecule has 188 valence electrons. The van der Waals surface area contributed by atoms with Gasteiger partial charge in [-0.25, -0.2) is 9.97 Å². The lowest BCUT2D eigenvalue weighted by atomic mass is 9.92. The van der Waals surface area contributed by atoms with Gasteiger partial charge in [-0.1, -0.05) is 36.4 Å². The van der Waals surface area contributed by atoms with Gasteiger partial charge < -0.3 is 14.7 Å². The molecule has 0 bridgehead atoms. The minimum absolute atomic E-state index is 0.110. The minimum atomic E-state index is -0.270. The Morgan fingerprint density at radius 3 is 2.11 bits per heavy atom. The van der Waals surface area contributed by atoms with Gasteiger partial charge in [-0.15, -0.1) is 0 Å². The molecule has 0 atom stereocenters. The largest absolute Gasteiger partial charge is 0.504 e. The van der Waals surface area contributed by atoms with E-state index in [0.717, 1.165) is 37.9 Å². The Balaban J connectivity index is 1.29. The Morgan fingerprint density at radius 2 is 1.53 bits per heavy atom. The molecule has 0 radical (unpaired) electrons. The van der Waals surface area contributed by atoms with Crippen molar-refractivity contribution in [1.82, 2.24) is 9.97 Å². The second kappa shape index (κ2) is 11.3. The first kappa shape index (κ1) is 25.4. The number of hydrogen-bond acceptors (Lipinski definition) is 7. The van der Waals surface area contributed by atoms with Gasteiger partial charge in [0.15, 0.2) is 17.2 Å². The zero-order chi connectivity index (χ0) is 25.7. The smallest absolute Gasteiger partial charge is 0.302 e. The van der Waals surface area contributed by atoms with Gasteiger partial charge in [0.05, 0.1) is 5.69 Å². The number of rotatable bonds is 8. The second-order valence-corrected chi connectivity index (χ2v) is 9.55. The third kappa shape index (κ3) is 6.47. The Hall–Kier alpha value is -3.74. The zero-order valence-corrected chi connectivity index (χ0v) is 21.2. The van der Waals surface area contributed by atoms with Gasteiger partial charge in [-0.3, -0.25) is 9.59 Å². The van der Waals surface area contributed by atoms with Crippen LogP contribution in [-0.2, 0) is 29.0 Å². The quantitative estimate of drug-likeness (QED) is 0.360. The number of aromatic hydroxyl groups is 1. The van der Waals surface area contributed by atoms with Crippen LogP contribution in [0.2, 0.25) is 0 Å². The van der Waals surface area contributed by atoms with Crippen LogP contribution in [0.25, 0.3) is 0 Å². The fourth-order valence-corrected chi connectivity index (χ4v) is 4.61. The molecule has 4 rings (SSSR count). The maximum atomic E-state index is 11.8. The highest BCUT2D eigenvalue weighted by Gasteiger charge is 2.22. The van der Waals surface area contributed by atoms with Crippen molar-refractivity contribution in [3.05, 3.63) is 82.4 Å². The van der Waals surface area contributed by atoms with Gasteiger partial charge in [0.2, 0.25) is 0 Å². The number of aryl methyl sites for hydroxylation is 1. The number of carbonyl (C=O) groups excluding carboxylic acids is 2. The first-order chi connectivity index (χ1) is 17.3. The van der Waals surface area contributed by atoms with E-state index in [1.165, 1.54) is 30.7 Å². The molecular formula is C29H33N3O4. The van der Waals surface area contributed by atoms with Gasteiger partial charge in [0.1, 0.15) is 12.4 Å². The van der Waals surface area contributed by atoms with Gasteiger partial charge >= 0.3 is 5.97 Å². The fraction of sp³-hybridized carbons (Fsp3) is 0.379. The Morgan fingerprint density at radius 1 is 0.944 bits per heavy atom. The van der Waals surface area contributed by atoms with E-state index >= 15 is 0 Å². The number of Topliss-reactive ketones (excluding diaryl/α,β-unsaturated/α-hetero) is 1. The van der Waals surface area contributed by atoms with Crippen molar-refractivity contribution < 1.29 is 19.4 Å². The molecule has 7 heteroatoms. The molecule has 3 aromatic rings. The molecule has 1 fully saturated rings. The number of anilines is 1. The van der Waals surface area contributed by atoms with Crippen LogP contribution in [0.4, 0.5) is 5.69 Å². The number of hydrogen-bond donors (Lipinski definition) is 1. The molecule has 0 amide bonds. The molecule has 2 heterocycles. The lowest BCUT2D eigenvalue weighted by Crippen LogP contribution is -2.34. The van der Waals surface area contributed by atoms with Crippen molar-refractivity contribution in [1.29, 1.82) is 0 Å². The lowest BCUT2D eigenvalue weighted by molar-refractivity contribution is -0.142. The monoisotopic (exact) mass is 487 g/mol. The van der Waals surface area contributed by atoms with Gasteiger partial charge in [-0.05, 0) is 60.9 Å². The predicted molar refractivity (Wildman–Crippen MR) is 138 cm³/mol. The molecule has 1 saturated heterocycles. The van der Waals surface area contributed by atoms with Crippen LogP contribution in [0.15, 0.2) is 48.5 Å². The topological polar surface area (TPSA) is 92.6 Å². The van der Waals surface area contributed by atoms with Crippen LogP contribution < -0.4 is 4.90 Å². The summed E-state index contributed by atoms with van der Waals surface area (Å²) in [5, 5.41) is 10.0. The average molecular weight is 488 g/mol.